The molecule has 0 aromatic carbocycles. The van der Waals surface area contributed by atoms with Crippen LogP contribution in [0.1, 0.15) is 64.8 Å². The maximum Gasteiger partial charge on any atom is 0.276 e. The van der Waals surface area contributed by atoms with Crippen LogP contribution in [-0.4, -0.2) is 52.6 Å². The second-order valence-electron chi connectivity index (χ2n) is 7.87. The van der Waals surface area contributed by atoms with Crippen molar-refractivity contribution >= 4 is 33.4 Å². The summed E-state index contributed by atoms with van der Waals surface area (Å²) in [6.45, 7) is 7.05. The lowest BCUT2D eigenvalue weighted by molar-refractivity contribution is -0.0225. The molecule has 31 heavy (non-hydrogen) atoms. The largest absolute Gasteiger partial charge is 0.370 e. The first kappa shape index (κ1) is 21.5. The van der Waals surface area contributed by atoms with E-state index in [4.69, 9.17) is 9.26 Å². The van der Waals surface area contributed by atoms with Crippen LogP contribution in [0.5, 0.6) is 0 Å². The van der Waals surface area contributed by atoms with Crippen molar-refractivity contribution in [2.75, 3.05) is 19.7 Å². The second-order valence-corrected chi connectivity index (χ2v) is 8.87. The number of aryl methyl sites for hydroxylation is 1. The Bertz CT molecular complexity index is 1090. The molecule has 1 aliphatic heterocycles. The maximum absolute atomic E-state index is 13.0. The standard InChI is InChI=1S/C22H26N4O4S/c1-4-6-14-11-16(25-30-14)22(28)26-9-10-29-17(12-26)18-15-7-5-8-23-21(15)31-19(18)20(27)24-13(2)3/h5,7-8,11,13,17H,4,6,9-10,12H2,1-3H3,(H,24,27)/t17-/m0/s1. The molecule has 0 aliphatic carbocycles. The Morgan fingerprint density at radius 2 is 2.23 bits per heavy atom. The van der Waals surface area contributed by atoms with Gasteiger partial charge in [0.1, 0.15) is 21.6 Å². The van der Waals surface area contributed by atoms with E-state index in [0.717, 1.165) is 28.6 Å². The van der Waals surface area contributed by atoms with E-state index in [1.807, 2.05) is 32.9 Å². The molecule has 164 valence electrons. The number of hydrogen-bond acceptors (Lipinski definition) is 7. The highest BCUT2D eigenvalue weighted by Gasteiger charge is 2.33. The Morgan fingerprint density at radius 1 is 1.39 bits per heavy atom. The number of carbonyl (C=O) groups is 2. The fourth-order valence-electron chi connectivity index (χ4n) is 3.72. The molecular weight excluding hydrogens is 416 g/mol. The number of rotatable bonds is 6. The van der Waals surface area contributed by atoms with Crippen LogP contribution in [0.3, 0.4) is 0 Å². The monoisotopic (exact) mass is 442 g/mol. The smallest absolute Gasteiger partial charge is 0.276 e. The van der Waals surface area contributed by atoms with Crippen molar-refractivity contribution in [2.45, 2.75) is 45.8 Å². The average Bonchev–Trinajstić information content (AvgIpc) is 3.38. The van der Waals surface area contributed by atoms with Gasteiger partial charge in [-0.05, 0) is 26.3 Å². The zero-order valence-electron chi connectivity index (χ0n) is 17.9. The van der Waals surface area contributed by atoms with Crippen molar-refractivity contribution in [3.63, 3.8) is 0 Å². The normalized spacial score (nSPS) is 16.8. The molecule has 0 unspecified atom stereocenters. The number of carbonyl (C=O) groups excluding carboxylic acids is 2. The van der Waals surface area contributed by atoms with E-state index in [2.05, 4.69) is 15.5 Å². The highest BCUT2D eigenvalue weighted by atomic mass is 32.1. The molecule has 1 atom stereocenters. The number of nitrogens with one attached hydrogen (secondary N) is 1. The molecule has 2 amide bonds. The van der Waals surface area contributed by atoms with Crippen LogP contribution in [0.15, 0.2) is 28.9 Å². The second kappa shape index (κ2) is 9.15. The maximum atomic E-state index is 13.0. The highest BCUT2D eigenvalue weighted by Crippen LogP contribution is 2.37. The molecule has 8 nitrogen and oxygen atoms in total. The predicted octanol–water partition coefficient (Wildman–Crippen LogP) is 3.59. The Morgan fingerprint density at radius 3 is 3.00 bits per heavy atom. The summed E-state index contributed by atoms with van der Waals surface area (Å²) in [4.78, 5) is 33.4. The lowest BCUT2D eigenvalue weighted by Gasteiger charge is -2.33. The Labute approximate surface area is 184 Å². The van der Waals surface area contributed by atoms with Crippen molar-refractivity contribution in [3.05, 3.63) is 46.3 Å². The highest BCUT2D eigenvalue weighted by molar-refractivity contribution is 7.20. The number of amides is 2. The van der Waals surface area contributed by atoms with Gasteiger partial charge in [0.05, 0.1) is 13.2 Å². The lowest BCUT2D eigenvalue weighted by Crippen LogP contribution is -2.42. The van der Waals surface area contributed by atoms with Gasteiger partial charge in [-0.3, -0.25) is 9.59 Å². The molecule has 0 saturated carbocycles. The molecule has 4 heterocycles. The number of hydrogen-bond donors (Lipinski definition) is 1. The SMILES string of the molecule is CCCc1cc(C(=O)N2CCO[C@H](c3c(C(=O)NC(C)C)sc4ncccc34)C2)no1. The molecule has 4 rings (SSSR count). The molecule has 0 spiro atoms. The van der Waals surface area contributed by atoms with Crippen LogP contribution in [0.2, 0.25) is 0 Å². The summed E-state index contributed by atoms with van der Waals surface area (Å²) < 4.78 is 11.3. The van der Waals surface area contributed by atoms with E-state index < -0.39 is 6.10 Å². The van der Waals surface area contributed by atoms with Crippen LogP contribution in [-0.2, 0) is 11.2 Å². The van der Waals surface area contributed by atoms with E-state index in [9.17, 15) is 9.59 Å². The topological polar surface area (TPSA) is 97.6 Å². The van der Waals surface area contributed by atoms with Gasteiger partial charge in [0, 0.05) is 42.2 Å². The van der Waals surface area contributed by atoms with Gasteiger partial charge < -0.3 is 19.5 Å². The first-order valence-corrected chi connectivity index (χ1v) is 11.3. The van der Waals surface area contributed by atoms with Crippen LogP contribution in [0.4, 0.5) is 0 Å². The van der Waals surface area contributed by atoms with E-state index in [-0.39, 0.29) is 17.9 Å². The summed E-state index contributed by atoms with van der Waals surface area (Å²) in [6.07, 6.45) is 2.95. The zero-order valence-corrected chi connectivity index (χ0v) is 18.7. The van der Waals surface area contributed by atoms with E-state index in [1.54, 1.807) is 17.2 Å². The molecule has 1 N–H and O–H groups in total. The summed E-state index contributed by atoms with van der Waals surface area (Å²) in [5.41, 5.74) is 1.09. The summed E-state index contributed by atoms with van der Waals surface area (Å²) in [6, 6.07) is 5.51. The Balaban J connectivity index is 1.63. The van der Waals surface area contributed by atoms with Crippen LogP contribution >= 0.6 is 11.3 Å². The van der Waals surface area contributed by atoms with Crippen molar-refractivity contribution in [1.82, 2.24) is 20.4 Å². The van der Waals surface area contributed by atoms with E-state index in [1.165, 1.54) is 11.3 Å². The van der Waals surface area contributed by atoms with Crippen molar-refractivity contribution in [1.29, 1.82) is 0 Å². The van der Waals surface area contributed by atoms with Gasteiger partial charge in [-0.1, -0.05) is 18.1 Å². The number of ether oxygens (including phenoxy) is 1. The quantitative estimate of drug-likeness (QED) is 0.627. The first-order chi connectivity index (χ1) is 15.0. The van der Waals surface area contributed by atoms with Gasteiger partial charge in [0.15, 0.2) is 5.69 Å². The molecular formula is C22H26N4O4S. The molecule has 0 radical (unpaired) electrons. The van der Waals surface area contributed by atoms with Crippen LogP contribution < -0.4 is 5.32 Å². The third-order valence-corrected chi connectivity index (χ3v) is 6.21. The van der Waals surface area contributed by atoms with Gasteiger partial charge in [0.2, 0.25) is 0 Å². The molecule has 3 aromatic rings. The number of thiophene rings is 1. The third-order valence-electron chi connectivity index (χ3n) is 5.08. The number of morpholine rings is 1. The number of aromatic nitrogens is 2. The Kier molecular flexibility index (Phi) is 6.33. The number of fused-ring (bicyclic) bond motifs is 1. The summed E-state index contributed by atoms with van der Waals surface area (Å²) in [7, 11) is 0. The van der Waals surface area contributed by atoms with E-state index >= 15 is 0 Å². The third kappa shape index (κ3) is 4.47. The average molecular weight is 443 g/mol. The lowest BCUT2D eigenvalue weighted by atomic mass is 10.0. The fourth-order valence-corrected chi connectivity index (χ4v) is 4.81. The number of nitrogens with zero attached hydrogens (tertiary/aromatic N) is 3. The predicted molar refractivity (Wildman–Crippen MR) is 117 cm³/mol. The van der Waals surface area contributed by atoms with Gasteiger partial charge >= 0.3 is 0 Å². The minimum absolute atomic E-state index is 0.00773. The van der Waals surface area contributed by atoms with Crippen LogP contribution in [0.25, 0.3) is 10.2 Å². The minimum atomic E-state index is -0.425. The van der Waals surface area contributed by atoms with Crippen LogP contribution in [0, 0.1) is 0 Å². The minimum Gasteiger partial charge on any atom is -0.370 e. The van der Waals surface area contributed by atoms with Gasteiger partial charge in [-0.2, -0.15) is 0 Å². The number of pyridine rings is 1. The molecule has 1 fully saturated rings. The molecule has 3 aromatic heterocycles. The molecule has 1 aliphatic rings. The summed E-state index contributed by atoms with van der Waals surface area (Å²) >= 11 is 1.35. The fraction of sp³-hybridized carbons (Fsp3) is 0.455. The summed E-state index contributed by atoms with van der Waals surface area (Å²) in [5, 5.41) is 7.79. The van der Waals surface area contributed by atoms with Gasteiger partial charge in [-0.15, -0.1) is 11.3 Å². The first-order valence-electron chi connectivity index (χ1n) is 10.5. The zero-order chi connectivity index (χ0) is 22.0. The van der Waals surface area contributed by atoms with Crippen molar-refractivity contribution in [3.8, 4) is 0 Å². The van der Waals surface area contributed by atoms with Crippen molar-refractivity contribution < 1.29 is 18.8 Å². The molecule has 0 bridgehead atoms. The summed E-state index contributed by atoms with van der Waals surface area (Å²) in [5.74, 6) is 0.365. The van der Waals surface area contributed by atoms with Crippen molar-refractivity contribution in [2.24, 2.45) is 0 Å². The molecule has 1 saturated heterocycles. The van der Waals surface area contributed by atoms with E-state index in [0.29, 0.717) is 36.0 Å². The Hall–Kier alpha value is -2.78. The van der Waals surface area contributed by atoms with Gasteiger partial charge in [-0.25, -0.2) is 4.98 Å². The molecule has 9 heteroatoms. The van der Waals surface area contributed by atoms with Gasteiger partial charge in [0.25, 0.3) is 11.8 Å².